The van der Waals surface area contributed by atoms with Crippen LogP contribution >= 0.6 is 11.6 Å². The fourth-order valence-corrected chi connectivity index (χ4v) is 0.710. The van der Waals surface area contributed by atoms with Gasteiger partial charge in [-0.25, -0.2) is 4.39 Å². The molecule has 0 aliphatic heterocycles. The van der Waals surface area contributed by atoms with E-state index in [4.69, 9.17) is 16.7 Å². The second kappa shape index (κ2) is 2.99. The predicted molar refractivity (Wildman–Crippen MR) is 36.7 cm³/mol. The maximum absolute atomic E-state index is 12.5. The Morgan fingerprint density at radius 3 is 2.70 bits per heavy atom. The Kier molecular flexibility index (Phi) is 2.25. The standard InChI is InChI=1S/C7H5ClFO/c8-6-2-1-5(4-10)3-7(6)9/h1-4,10H. The van der Waals surface area contributed by atoms with Gasteiger partial charge in [-0.3, -0.25) is 0 Å². The van der Waals surface area contributed by atoms with E-state index in [0.29, 0.717) is 5.56 Å². The van der Waals surface area contributed by atoms with E-state index in [1.807, 2.05) is 0 Å². The molecule has 0 bridgehead atoms. The van der Waals surface area contributed by atoms with Crippen LogP contribution in [0.25, 0.3) is 0 Å². The quantitative estimate of drug-likeness (QED) is 0.667. The molecule has 0 fully saturated rings. The molecule has 0 spiro atoms. The lowest BCUT2D eigenvalue weighted by Crippen LogP contribution is -1.82. The average molecular weight is 160 g/mol. The molecule has 53 valence electrons. The minimum absolute atomic E-state index is 0.0607. The summed E-state index contributed by atoms with van der Waals surface area (Å²) in [4.78, 5) is 0. The number of halogens is 2. The minimum Gasteiger partial charge on any atom is -0.385 e. The third-order valence-electron chi connectivity index (χ3n) is 1.09. The molecular weight excluding hydrogens is 155 g/mol. The number of aliphatic hydroxyl groups is 1. The average Bonchev–Trinajstić information content (AvgIpc) is 1.95. The summed E-state index contributed by atoms with van der Waals surface area (Å²) in [6, 6.07) is 4.06. The minimum atomic E-state index is -0.524. The maximum atomic E-state index is 12.5. The Balaban J connectivity index is 3.04. The third kappa shape index (κ3) is 1.46. The SMILES string of the molecule is O[CH]c1ccc(Cl)c(F)c1. The van der Waals surface area contributed by atoms with E-state index in [-0.39, 0.29) is 5.02 Å². The third-order valence-corrected chi connectivity index (χ3v) is 1.40. The molecule has 0 amide bonds. The molecule has 0 atom stereocenters. The molecule has 0 saturated heterocycles. The van der Waals surface area contributed by atoms with Crippen molar-refractivity contribution in [3.8, 4) is 0 Å². The van der Waals surface area contributed by atoms with Gasteiger partial charge in [-0.2, -0.15) is 0 Å². The Bertz CT molecular complexity index is 237. The van der Waals surface area contributed by atoms with Crippen LogP contribution in [0.2, 0.25) is 5.02 Å². The van der Waals surface area contributed by atoms with Crippen molar-refractivity contribution >= 4 is 11.6 Å². The molecule has 10 heavy (non-hydrogen) atoms. The molecule has 1 aromatic carbocycles. The van der Waals surface area contributed by atoms with E-state index >= 15 is 0 Å². The summed E-state index contributed by atoms with van der Waals surface area (Å²) in [5.74, 6) is -0.524. The molecule has 3 heteroatoms. The molecule has 1 rings (SSSR count). The summed E-state index contributed by atoms with van der Waals surface area (Å²) in [6.07, 6.45) is 0. The largest absolute Gasteiger partial charge is 0.385 e. The zero-order valence-electron chi connectivity index (χ0n) is 5.01. The van der Waals surface area contributed by atoms with Gasteiger partial charge in [0.15, 0.2) is 0 Å². The smallest absolute Gasteiger partial charge is 0.142 e. The number of aliphatic hydroxyl groups excluding tert-OH is 1. The van der Waals surface area contributed by atoms with Gasteiger partial charge in [0.25, 0.3) is 0 Å². The van der Waals surface area contributed by atoms with Gasteiger partial charge in [0, 0.05) is 0 Å². The summed E-state index contributed by atoms with van der Waals surface area (Å²) >= 11 is 5.37. The van der Waals surface area contributed by atoms with Gasteiger partial charge in [-0.1, -0.05) is 17.7 Å². The van der Waals surface area contributed by atoms with Crippen LogP contribution in [0.15, 0.2) is 18.2 Å². The van der Waals surface area contributed by atoms with Crippen LogP contribution in [-0.2, 0) is 0 Å². The molecule has 1 radical (unpaired) electrons. The number of hydrogen-bond donors (Lipinski definition) is 1. The van der Waals surface area contributed by atoms with Crippen molar-refractivity contribution in [3.63, 3.8) is 0 Å². The van der Waals surface area contributed by atoms with E-state index in [0.717, 1.165) is 12.7 Å². The van der Waals surface area contributed by atoms with Crippen LogP contribution in [0, 0.1) is 12.4 Å². The zero-order chi connectivity index (χ0) is 7.56. The van der Waals surface area contributed by atoms with Crippen LogP contribution in [0.1, 0.15) is 5.56 Å². The molecule has 0 aliphatic carbocycles. The molecule has 1 aromatic rings. The van der Waals surface area contributed by atoms with Crippen molar-refractivity contribution in [2.75, 3.05) is 0 Å². The second-order valence-corrected chi connectivity index (χ2v) is 2.21. The van der Waals surface area contributed by atoms with E-state index in [9.17, 15) is 4.39 Å². The Morgan fingerprint density at radius 2 is 2.20 bits per heavy atom. The van der Waals surface area contributed by atoms with Crippen molar-refractivity contribution in [2.45, 2.75) is 0 Å². The fourth-order valence-electron chi connectivity index (χ4n) is 0.593. The lowest BCUT2D eigenvalue weighted by Gasteiger charge is -1.95. The van der Waals surface area contributed by atoms with Crippen LogP contribution in [0.5, 0.6) is 0 Å². The molecule has 0 unspecified atom stereocenters. The van der Waals surface area contributed by atoms with Crippen molar-refractivity contribution in [2.24, 2.45) is 0 Å². The first kappa shape index (κ1) is 7.51. The van der Waals surface area contributed by atoms with E-state index in [1.165, 1.54) is 12.1 Å². The van der Waals surface area contributed by atoms with Gasteiger partial charge in [0.1, 0.15) is 12.4 Å². The van der Waals surface area contributed by atoms with Crippen LogP contribution in [0.4, 0.5) is 4.39 Å². The van der Waals surface area contributed by atoms with Crippen molar-refractivity contribution in [1.29, 1.82) is 0 Å². The lowest BCUT2D eigenvalue weighted by atomic mass is 10.2. The first-order valence-electron chi connectivity index (χ1n) is 2.66. The highest BCUT2D eigenvalue weighted by molar-refractivity contribution is 6.30. The summed E-state index contributed by atoms with van der Waals surface area (Å²) in [6.45, 7) is 0.819. The molecule has 0 saturated carbocycles. The van der Waals surface area contributed by atoms with Crippen molar-refractivity contribution in [1.82, 2.24) is 0 Å². The zero-order valence-corrected chi connectivity index (χ0v) is 5.77. The molecular formula is C7H5ClFO. The first-order valence-corrected chi connectivity index (χ1v) is 3.04. The van der Waals surface area contributed by atoms with Gasteiger partial charge in [0.2, 0.25) is 0 Å². The van der Waals surface area contributed by atoms with Gasteiger partial charge in [-0.15, -0.1) is 0 Å². The summed E-state index contributed by atoms with van der Waals surface area (Å²) in [5, 5.41) is 8.48. The highest BCUT2D eigenvalue weighted by Gasteiger charge is 1.98. The molecule has 1 nitrogen and oxygen atoms in total. The van der Waals surface area contributed by atoms with Crippen molar-refractivity contribution < 1.29 is 9.50 Å². The predicted octanol–water partition coefficient (Wildman–Crippen LogP) is 2.36. The van der Waals surface area contributed by atoms with Gasteiger partial charge in [0.05, 0.1) is 5.02 Å². The topological polar surface area (TPSA) is 20.2 Å². The highest BCUT2D eigenvalue weighted by Crippen LogP contribution is 2.15. The highest BCUT2D eigenvalue weighted by atomic mass is 35.5. The van der Waals surface area contributed by atoms with Gasteiger partial charge < -0.3 is 5.11 Å². The van der Waals surface area contributed by atoms with E-state index in [1.54, 1.807) is 0 Å². The summed E-state index contributed by atoms with van der Waals surface area (Å²) in [7, 11) is 0. The first-order chi connectivity index (χ1) is 4.74. The monoisotopic (exact) mass is 159 g/mol. The van der Waals surface area contributed by atoms with Gasteiger partial charge in [-0.05, 0) is 17.7 Å². The Hall–Kier alpha value is -0.600. The normalized spacial score (nSPS) is 9.90. The Labute approximate surface area is 63.1 Å². The second-order valence-electron chi connectivity index (χ2n) is 1.80. The summed E-state index contributed by atoms with van der Waals surface area (Å²) in [5.41, 5.74) is 0.405. The fraction of sp³-hybridized carbons (Fsp3) is 0. The van der Waals surface area contributed by atoms with Crippen LogP contribution in [-0.4, -0.2) is 5.11 Å². The maximum Gasteiger partial charge on any atom is 0.142 e. The van der Waals surface area contributed by atoms with Crippen molar-refractivity contribution in [3.05, 3.63) is 41.2 Å². The summed E-state index contributed by atoms with van der Waals surface area (Å²) < 4.78 is 12.5. The van der Waals surface area contributed by atoms with Crippen LogP contribution in [0.3, 0.4) is 0 Å². The number of benzene rings is 1. The van der Waals surface area contributed by atoms with Gasteiger partial charge >= 0.3 is 0 Å². The van der Waals surface area contributed by atoms with E-state index in [2.05, 4.69) is 0 Å². The number of rotatable bonds is 1. The van der Waals surface area contributed by atoms with Crippen LogP contribution < -0.4 is 0 Å². The molecule has 1 N–H and O–H groups in total. The molecule has 0 aromatic heterocycles. The molecule has 0 aliphatic rings. The lowest BCUT2D eigenvalue weighted by molar-refractivity contribution is 0.414. The number of hydrogen-bond acceptors (Lipinski definition) is 1. The molecule has 0 heterocycles. The van der Waals surface area contributed by atoms with E-state index < -0.39 is 5.82 Å². The Morgan fingerprint density at radius 1 is 1.50 bits per heavy atom.